The molecule has 1 aromatic carbocycles. The molecule has 1 unspecified atom stereocenters. The van der Waals surface area contributed by atoms with Crippen molar-refractivity contribution in [2.45, 2.75) is 65.6 Å². The van der Waals surface area contributed by atoms with E-state index in [-0.39, 0.29) is 5.60 Å². The molecule has 2 rings (SSSR count). The van der Waals surface area contributed by atoms with Crippen molar-refractivity contribution in [3.05, 3.63) is 23.8 Å². The predicted octanol–water partition coefficient (Wildman–Crippen LogP) is 4.93. The van der Waals surface area contributed by atoms with E-state index in [4.69, 9.17) is 14.2 Å². The van der Waals surface area contributed by atoms with Gasteiger partial charge in [0.1, 0.15) is 0 Å². The maximum Gasteiger partial charge on any atom is 0.231 e. The van der Waals surface area contributed by atoms with Crippen molar-refractivity contribution in [1.82, 2.24) is 0 Å². The molecule has 1 aliphatic rings. The summed E-state index contributed by atoms with van der Waals surface area (Å²) >= 11 is 0. The van der Waals surface area contributed by atoms with Gasteiger partial charge in [-0.05, 0) is 43.9 Å². The zero-order valence-corrected chi connectivity index (χ0v) is 13.8. The molecule has 0 amide bonds. The Bertz CT molecular complexity index is 454. The van der Waals surface area contributed by atoms with Crippen LogP contribution in [-0.4, -0.2) is 12.4 Å². The Balaban J connectivity index is 1.78. The van der Waals surface area contributed by atoms with Crippen molar-refractivity contribution in [2.75, 3.05) is 6.79 Å². The van der Waals surface area contributed by atoms with Crippen LogP contribution in [0.3, 0.4) is 0 Å². The second-order valence-electron chi connectivity index (χ2n) is 6.64. The van der Waals surface area contributed by atoms with Crippen LogP contribution in [0.4, 0.5) is 0 Å². The number of hydrogen-bond donors (Lipinski definition) is 0. The zero-order valence-electron chi connectivity index (χ0n) is 13.8. The Morgan fingerprint density at radius 1 is 1.24 bits per heavy atom. The fraction of sp³-hybridized carbons (Fsp3) is 0.667. The molecule has 0 saturated heterocycles. The van der Waals surface area contributed by atoms with Crippen LogP contribution in [-0.2, 0) is 11.3 Å². The van der Waals surface area contributed by atoms with Crippen molar-refractivity contribution < 1.29 is 14.2 Å². The topological polar surface area (TPSA) is 27.7 Å². The maximum absolute atomic E-state index is 6.09. The summed E-state index contributed by atoms with van der Waals surface area (Å²) in [5.74, 6) is 2.46. The second-order valence-corrected chi connectivity index (χ2v) is 6.64. The minimum atomic E-state index is -0.0795. The Hall–Kier alpha value is -1.22. The number of rotatable bonds is 8. The number of ether oxygens (including phenoxy) is 3. The largest absolute Gasteiger partial charge is 0.454 e. The van der Waals surface area contributed by atoms with E-state index in [0.717, 1.165) is 29.4 Å². The third kappa shape index (κ3) is 4.92. The van der Waals surface area contributed by atoms with Gasteiger partial charge in [0.05, 0.1) is 12.2 Å². The normalized spacial score (nSPS) is 15.2. The average Bonchev–Trinajstić information content (AvgIpc) is 2.92. The van der Waals surface area contributed by atoms with E-state index in [1.807, 2.05) is 18.2 Å². The molecule has 1 aliphatic heterocycles. The molecule has 3 heteroatoms. The fourth-order valence-electron chi connectivity index (χ4n) is 2.46. The van der Waals surface area contributed by atoms with Crippen molar-refractivity contribution >= 4 is 0 Å². The molecule has 1 atom stereocenters. The first kappa shape index (κ1) is 16.2. The second kappa shape index (κ2) is 7.17. The van der Waals surface area contributed by atoms with Crippen LogP contribution in [0.2, 0.25) is 0 Å². The molecule has 0 radical (unpaired) electrons. The first-order chi connectivity index (χ1) is 10.00. The van der Waals surface area contributed by atoms with E-state index in [1.165, 1.54) is 19.3 Å². The van der Waals surface area contributed by atoms with Crippen LogP contribution in [0.1, 0.15) is 58.9 Å². The predicted molar refractivity (Wildman–Crippen MR) is 84.7 cm³/mol. The van der Waals surface area contributed by atoms with Crippen molar-refractivity contribution in [3.8, 4) is 11.5 Å². The highest BCUT2D eigenvalue weighted by atomic mass is 16.7. The van der Waals surface area contributed by atoms with Crippen LogP contribution in [0.25, 0.3) is 0 Å². The monoisotopic (exact) mass is 292 g/mol. The van der Waals surface area contributed by atoms with E-state index in [0.29, 0.717) is 13.4 Å². The van der Waals surface area contributed by atoms with Crippen LogP contribution >= 0.6 is 0 Å². The first-order valence-corrected chi connectivity index (χ1v) is 8.02. The smallest absolute Gasteiger partial charge is 0.231 e. The van der Waals surface area contributed by atoms with Gasteiger partial charge in [-0.1, -0.05) is 39.2 Å². The van der Waals surface area contributed by atoms with E-state index in [2.05, 4.69) is 27.7 Å². The summed E-state index contributed by atoms with van der Waals surface area (Å²) in [5, 5.41) is 0. The van der Waals surface area contributed by atoms with Crippen LogP contribution in [0.5, 0.6) is 11.5 Å². The summed E-state index contributed by atoms with van der Waals surface area (Å²) in [6.45, 7) is 9.87. The van der Waals surface area contributed by atoms with Gasteiger partial charge in [0.15, 0.2) is 11.5 Å². The molecule has 1 aromatic rings. The van der Waals surface area contributed by atoms with Gasteiger partial charge in [-0.2, -0.15) is 0 Å². The van der Waals surface area contributed by atoms with Gasteiger partial charge in [-0.15, -0.1) is 0 Å². The Morgan fingerprint density at radius 3 is 2.76 bits per heavy atom. The van der Waals surface area contributed by atoms with Gasteiger partial charge in [0, 0.05) is 0 Å². The molecule has 0 fully saturated rings. The van der Waals surface area contributed by atoms with Gasteiger partial charge in [-0.25, -0.2) is 0 Å². The average molecular weight is 292 g/mol. The van der Waals surface area contributed by atoms with Gasteiger partial charge in [0.2, 0.25) is 6.79 Å². The zero-order chi connectivity index (χ0) is 15.3. The maximum atomic E-state index is 6.09. The molecule has 1 heterocycles. The van der Waals surface area contributed by atoms with Crippen molar-refractivity contribution in [3.63, 3.8) is 0 Å². The summed E-state index contributed by atoms with van der Waals surface area (Å²) in [4.78, 5) is 0. The molecule has 0 aliphatic carbocycles. The lowest BCUT2D eigenvalue weighted by Crippen LogP contribution is -2.24. The lowest BCUT2D eigenvalue weighted by molar-refractivity contribution is -0.0369. The van der Waals surface area contributed by atoms with Crippen LogP contribution < -0.4 is 9.47 Å². The van der Waals surface area contributed by atoms with Gasteiger partial charge >= 0.3 is 0 Å². The third-order valence-corrected chi connectivity index (χ3v) is 4.24. The number of benzene rings is 1. The lowest BCUT2D eigenvalue weighted by Gasteiger charge is -2.26. The molecule has 0 aromatic heterocycles. The fourth-order valence-corrected chi connectivity index (χ4v) is 2.46. The highest BCUT2D eigenvalue weighted by Gasteiger charge is 2.19. The quantitative estimate of drug-likeness (QED) is 0.680. The van der Waals surface area contributed by atoms with Gasteiger partial charge in [-0.3, -0.25) is 0 Å². The highest BCUT2D eigenvalue weighted by molar-refractivity contribution is 5.44. The molecule has 0 N–H and O–H groups in total. The van der Waals surface area contributed by atoms with Crippen LogP contribution in [0, 0.1) is 5.92 Å². The van der Waals surface area contributed by atoms with Gasteiger partial charge < -0.3 is 14.2 Å². The minimum absolute atomic E-state index is 0.0795. The number of hydrogen-bond acceptors (Lipinski definition) is 3. The summed E-state index contributed by atoms with van der Waals surface area (Å²) in [7, 11) is 0. The molecular formula is C18H28O3. The highest BCUT2D eigenvalue weighted by Crippen LogP contribution is 2.33. The Kier molecular flexibility index (Phi) is 5.51. The van der Waals surface area contributed by atoms with Crippen molar-refractivity contribution in [2.24, 2.45) is 5.92 Å². The molecule has 3 nitrogen and oxygen atoms in total. The summed E-state index contributed by atoms with van der Waals surface area (Å²) in [6, 6.07) is 6.01. The third-order valence-electron chi connectivity index (χ3n) is 4.24. The SMILES string of the molecule is CCC(C)CCCC(C)(C)OCc1ccc2c(c1)OCO2. The minimum Gasteiger partial charge on any atom is -0.454 e. The van der Waals surface area contributed by atoms with Gasteiger partial charge in [0.25, 0.3) is 0 Å². The van der Waals surface area contributed by atoms with E-state index in [1.54, 1.807) is 0 Å². The van der Waals surface area contributed by atoms with Crippen LogP contribution in [0.15, 0.2) is 18.2 Å². The summed E-state index contributed by atoms with van der Waals surface area (Å²) < 4.78 is 16.8. The summed E-state index contributed by atoms with van der Waals surface area (Å²) in [5.41, 5.74) is 1.05. The lowest BCUT2D eigenvalue weighted by atomic mass is 9.95. The molecule has 0 spiro atoms. The van der Waals surface area contributed by atoms with E-state index < -0.39 is 0 Å². The summed E-state index contributed by atoms with van der Waals surface area (Å²) in [6.07, 6.45) is 4.87. The van der Waals surface area contributed by atoms with E-state index in [9.17, 15) is 0 Å². The standard InChI is InChI=1S/C18H28O3/c1-5-14(2)7-6-10-18(3,4)21-12-15-8-9-16-17(11-15)20-13-19-16/h8-9,11,14H,5-7,10,12-13H2,1-4H3. The van der Waals surface area contributed by atoms with Crippen molar-refractivity contribution in [1.29, 1.82) is 0 Å². The molecule has 21 heavy (non-hydrogen) atoms. The molecule has 0 bridgehead atoms. The first-order valence-electron chi connectivity index (χ1n) is 8.02. The van der Waals surface area contributed by atoms with E-state index >= 15 is 0 Å². The Labute approximate surface area is 128 Å². The molecular weight excluding hydrogens is 264 g/mol. The Morgan fingerprint density at radius 2 is 2.00 bits per heavy atom. The molecule has 0 saturated carbocycles. The number of fused-ring (bicyclic) bond motifs is 1. The molecule has 118 valence electrons.